The largest absolute Gasteiger partial charge is 0.493 e. The zero-order valence-corrected chi connectivity index (χ0v) is 17.9. The lowest BCUT2D eigenvalue weighted by Gasteiger charge is -2.24. The summed E-state index contributed by atoms with van der Waals surface area (Å²) in [5.41, 5.74) is 4.02. The van der Waals surface area contributed by atoms with Gasteiger partial charge in [-0.05, 0) is 45.8 Å². The summed E-state index contributed by atoms with van der Waals surface area (Å²) >= 11 is 3.56. The van der Waals surface area contributed by atoms with Crippen LogP contribution in [0.3, 0.4) is 0 Å². The Labute approximate surface area is 181 Å². The van der Waals surface area contributed by atoms with Gasteiger partial charge in [0.15, 0.2) is 17.3 Å². The maximum absolute atomic E-state index is 12.6. The van der Waals surface area contributed by atoms with Gasteiger partial charge in [-0.2, -0.15) is 0 Å². The molecule has 3 aromatic rings. The number of nitrogens with zero attached hydrogens (tertiary/aromatic N) is 2. The molecule has 1 N–H and O–H groups in total. The Morgan fingerprint density at radius 1 is 1.20 bits per heavy atom. The first-order valence-electron chi connectivity index (χ1n) is 9.34. The average Bonchev–Trinajstić information content (AvgIpc) is 3.35. The molecular formula is C22H18BrN3O4. The van der Waals surface area contributed by atoms with E-state index in [4.69, 9.17) is 19.3 Å². The maximum atomic E-state index is 12.6. The SMILES string of the molecule is COc1cc([C@@H]2C3=C(COC3=O)Nc3nn(-c4ccccc4)cc32)cc(Br)c1OC. The lowest BCUT2D eigenvalue weighted by Crippen LogP contribution is -2.19. The van der Waals surface area contributed by atoms with Crippen molar-refractivity contribution >= 4 is 27.7 Å². The first-order chi connectivity index (χ1) is 14.6. The highest BCUT2D eigenvalue weighted by Gasteiger charge is 2.40. The number of para-hydroxylation sites is 1. The highest BCUT2D eigenvalue weighted by molar-refractivity contribution is 9.10. The van der Waals surface area contributed by atoms with Crippen LogP contribution in [0.2, 0.25) is 0 Å². The number of aromatic nitrogens is 2. The van der Waals surface area contributed by atoms with Gasteiger partial charge in [0.25, 0.3) is 0 Å². The third-order valence-corrected chi connectivity index (χ3v) is 5.90. The van der Waals surface area contributed by atoms with Crippen molar-refractivity contribution in [3.8, 4) is 17.2 Å². The fraction of sp³-hybridized carbons (Fsp3) is 0.182. The molecule has 7 nitrogen and oxygen atoms in total. The molecule has 30 heavy (non-hydrogen) atoms. The van der Waals surface area contributed by atoms with Crippen molar-refractivity contribution in [2.75, 3.05) is 26.1 Å². The van der Waals surface area contributed by atoms with Crippen LogP contribution in [-0.2, 0) is 9.53 Å². The number of methoxy groups -OCH3 is 2. The van der Waals surface area contributed by atoms with Crippen LogP contribution in [0.25, 0.3) is 5.69 Å². The number of anilines is 1. The third-order valence-electron chi connectivity index (χ3n) is 5.31. The van der Waals surface area contributed by atoms with Crippen LogP contribution in [0.1, 0.15) is 17.0 Å². The van der Waals surface area contributed by atoms with Crippen molar-refractivity contribution < 1.29 is 19.0 Å². The smallest absolute Gasteiger partial charge is 0.337 e. The Hall–Kier alpha value is -3.26. The van der Waals surface area contributed by atoms with Crippen LogP contribution in [0.15, 0.2) is 64.4 Å². The zero-order chi connectivity index (χ0) is 20.8. The molecule has 3 heterocycles. The lowest BCUT2D eigenvalue weighted by molar-refractivity contribution is -0.136. The zero-order valence-electron chi connectivity index (χ0n) is 16.3. The average molecular weight is 468 g/mol. The molecule has 0 saturated carbocycles. The minimum atomic E-state index is -0.347. The molecule has 2 aliphatic rings. The van der Waals surface area contributed by atoms with E-state index >= 15 is 0 Å². The minimum absolute atomic E-state index is 0.205. The van der Waals surface area contributed by atoms with E-state index in [-0.39, 0.29) is 18.5 Å². The van der Waals surface area contributed by atoms with Crippen molar-refractivity contribution in [2.45, 2.75) is 5.92 Å². The van der Waals surface area contributed by atoms with Crippen molar-refractivity contribution in [2.24, 2.45) is 0 Å². The van der Waals surface area contributed by atoms with E-state index in [0.717, 1.165) is 27.0 Å². The summed E-state index contributed by atoms with van der Waals surface area (Å²) in [6, 6.07) is 13.7. The molecule has 5 rings (SSSR count). The molecular weight excluding hydrogens is 450 g/mol. The number of nitrogens with one attached hydrogen (secondary N) is 1. The summed E-state index contributed by atoms with van der Waals surface area (Å²) in [5.74, 6) is 1.20. The Kier molecular flexibility index (Phi) is 4.51. The highest BCUT2D eigenvalue weighted by Crippen LogP contribution is 2.47. The second-order valence-corrected chi connectivity index (χ2v) is 7.83. The van der Waals surface area contributed by atoms with Gasteiger partial charge < -0.3 is 19.5 Å². The van der Waals surface area contributed by atoms with E-state index in [1.807, 2.05) is 53.3 Å². The van der Waals surface area contributed by atoms with Gasteiger partial charge in [-0.15, -0.1) is 5.10 Å². The van der Waals surface area contributed by atoms with Crippen LogP contribution in [-0.4, -0.2) is 36.6 Å². The van der Waals surface area contributed by atoms with Gasteiger partial charge >= 0.3 is 5.97 Å². The van der Waals surface area contributed by atoms with Crippen molar-refractivity contribution in [1.29, 1.82) is 0 Å². The summed E-state index contributed by atoms with van der Waals surface area (Å²) in [7, 11) is 3.17. The summed E-state index contributed by atoms with van der Waals surface area (Å²) < 4.78 is 18.8. The van der Waals surface area contributed by atoms with E-state index in [2.05, 4.69) is 21.2 Å². The lowest BCUT2D eigenvalue weighted by atomic mass is 9.83. The molecule has 0 bridgehead atoms. The van der Waals surface area contributed by atoms with Crippen molar-refractivity contribution in [3.63, 3.8) is 0 Å². The van der Waals surface area contributed by atoms with E-state index in [0.29, 0.717) is 22.9 Å². The van der Waals surface area contributed by atoms with Gasteiger partial charge in [0.1, 0.15) is 6.61 Å². The Morgan fingerprint density at radius 3 is 2.73 bits per heavy atom. The van der Waals surface area contributed by atoms with E-state index in [1.54, 1.807) is 14.2 Å². The van der Waals surface area contributed by atoms with E-state index in [1.165, 1.54) is 0 Å². The fourth-order valence-electron chi connectivity index (χ4n) is 3.97. The standard InChI is InChI=1S/C22H18BrN3O4/c1-28-17-9-12(8-15(23)20(17)29-2)18-14-10-26(13-6-4-3-5-7-13)25-21(14)24-16-11-30-22(27)19(16)18/h3-10,18H,11H2,1-2H3,(H,24,25)/t18-/m0/s1. The van der Waals surface area contributed by atoms with E-state index < -0.39 is 0 Å². The predicted molar refractivity (Wildman–Crippen MR) is 114 cm³/mol. The molecule has 1 aromatic heterocycles. The van der Waals surface area contributed by atoms with E-state index in [9.17, 15) is 4.79 Å². The summed E-state index contributed by atoms with van der Waals surface area (Å²) in [6.07, 6.45) is 1.95. The maximum Gasteiger partial charge on any atom is 0.337 e. The van der Waals surface area contributed by atoms with Crippen LogP contribution in [0, 0.1) is 0 Å². The van der Waals surface area contributed by atoms with Crippen LogP contribution >= 0.6 is 15.9 Å². The Balaban J connectivity index is 1.70. The molecule has 152 valence electrons. The monoisotopic (exact) mass is 467 g/mol. The molecule has 0 saturated heterocycles. The number of benzene rings is 2. The number of hydrogen-bond acceptors (Lipinski definition) is 6. The molecule has 0 amide bonds. The minimum Gasteiger partial charge on any atom is -0.493 e. The summed E-state index contributed by atoms with van der Waals surface area (Å²) in [6.45, 7) is 0.205. The Morgan fingerprint density at radius 2 is 2.00 bits per heavy atom. The molecule has 8 heteroatoms. The van der Waals surface area contributed by atoms with Crippen molar-refractivity contribution in [1.82, 2.24) is 9.78 Å². The van der Waals surface area contributed by atoms with Gasteiger partial charge in [-0.3, -0.25) is 0 Å². The molecule has 0 unspecified atom stereocenters. The molecule has 0 radical (unpaired) electrons. The first kappa shape index (κ1) is 18.7. The molecule has 1 atom stereocenters. The predicted octanol–water partition coefficient (Wildman–Crippen LogP) is 4.02. The Bertz CT molecular complexity index is 1190. The van der Waals surface area contributed by atoms with Crippen molar-refractivity contribution in [3.05, 3.63) is 75.5 Å². The molecule has 0 spiro atoms. The number of halogens is 1. The van der Waals surface area contributed by atoms with Crippen LogP contribution in [0.4, 0.5) is 5.82 Å². The normalized spacial score (nSPS) is 17.2. The highest BCUT2D eigenvalue weighted by atomic mass is 79.9. The van der Waals surface area contributed by atoms with Gasteiger partial charge in [-0.1, -0.05) is 18.2 Å². The number of esters is 1. The summed E-state index contributed by atoms with van der Waals surface area (Å²) in [5, 5.41) is 8.00. The number of carbonyl (C=O) groups excluding carboxylic acids is 1. The number of hydrogen-bond donors (Lipinski definition) is 1. The first-order valence-corrected chi connectivity index (χ1v) is 10.1. The molecule has 2 aliphatic heterocycles. The second-order valence-electron chi connectivity index (χ2n) is 6.98. The summed E-state index contributed by atoms with van der Waals surface area (Å²) in [4.78, 5) is 12.6. The van der Waals surface area contributed by atoms with Gasteiger partial charge in [-0.25, -0.2) is 9.48 Å². The van der Waals surface area contributed by atoms with Crippen LogP contribution in [0.5, 0.6) is 11.5 Å². The number of carbonyl (C=O) groups is 1. The molecule has 0 aliphatic carbocycles. The van der Waals surface area contributed by atoms with Gasteiger partial charge in [0.2, 0.25) is 0 Å². The van der Waals surface area contributed by atoms with Gasteiger partial charge in [0.05, 0.1) is 35.6 Å². The van der Waals surface area contributed by atoms with Crippen LogP contribution < -0.4 is 14.8 Å². The number of ether oxygens (including phenoxy) is 3. The fourth-order valence-corrected chi connectivity index (χ4v) is 4.59. The number of cyclic esters (lactones) is 1. The third kappa shape index (κ3) is 2.87. The number of fused-ring (bicyclic) bond motifs is 1. The second kappa shape index (κ2) is 7.21. The molecule has 0 fully saturated rings. The van der Waals surface area contributed by atoms with Gasteiger partial charge in [0, 0.05) is 17.7 Å². The quantitative estimate of drug-likeness (QED) is 0.584. The molecule has 2 aromatic carbocycles. The number of rotatable bonds is 4. The topological polar surface area (TPSA) is 74.6 Å².